The Bertz CT molecular complexity index is 591. The zero-order chi connectivity index (χ0) is 14.7. The zero-order valence-electron chi connectivity index (χ0n) is 12.7. The van der Waals surface area contributed by atoms with Crippen molar-refractivity contribution in [2.24, 2.45) is 0 Å². The maximum absolute atomic E-state index is 5.23. The molecule has 0 bridgehead atoms. The van der Waals surface area contributed by atoms with E-state index < -0.39 is 0 Å². The second-order valence-electron chi connectivity index (χ2n) is 5.58. The Hall–Kier alpha value is -1.66. The number of hydrogen-bond acceptors (Lipinski definition) is 5. The maximum atomic E-state index is 5.23. The average molecular weight is 289 g/mol. The molecule has 1 atom stereocenters. The number of nitrogens with one attached hydrogen (secondary N) is 1. The van der Waals surface area contributed by atoms with Gasteiger partial charge in [0.25, 0.3) is 0 Å². The highest BCUT2D eigenvalue weighted by molar-refractivity contribution is 5.45. The third-order valence-electron chi connectivity index (χ3n) is 3.99. The summed E-state index contributed by atoms with van der Waals surface area (Å²) in [5.41, 5.74) is 1.99. The van der Waals surface area contributed by atoms with Crippen LogP contribution >= 0.6 is 0 Å². The van der Waals surface area contributed by atoms with Crippen LogP contribution in [0, 0.1) is 6.92 Å². The molecule has 1 unspecified atom stereocenters. The number of hydrogen-bond donors (Lipinski definition) is 1. The van der Waals surface area contributed by atoms with Crippen LogP contribution in [-0.2, 0) is 4.74 Å². The number of nitrogens with zero attached hydrogens (tertiary/aromatic N) is 4. The second kappa shape index (κ2) is 6.41. The molecule has 1 N–H and O–H groups in total. The molecule has 21 heavy (non-hydrogen) atoms. The second-order valence-corrected chi connectivity index (χ2v) is 5.58. The van der Waals surface area contributed by atoms with Gasteiger partial charge in [0, 0.05) is 31.9 Å². The van der Waals surface area contributed by atoms with Crippen molar-refractivity contribution >= 4 is 11.6 Å². The molecule has 1 aliphatic heterocycles. The predicted molar refractivity (Wildman–Crippen MR) is 82.8 cm³/mol. The van der Waals surface area contributed by atoms with Crippen LogP contribution < -0.4 is 10.2 Å². The molecular formula is C15H23N5O. The van der Waals surface area contributed by atoms with E-state index in [2.05, 4.69) is 20.3 Å². The van der Waals surface area contributed by atoms with Gasteiger partial charge >= 0.3 is 0 Å². The van der Waals surface area contributed by atoms with E-state index in [0.717, 1.165) is 36.9 Å². The molecule has 114 valence electrons. The van der Waals surface area contributed by atoms with E-state index in [4.69, 9.17) is 4.74 Å². The van der Waals surface area contributed by atoms with Gasteiger partial charge in [-0.25, -0.2) is 4.52 Å². The number of methoxy groups -OCH3 is 1. The first-order valence-electron chi connectivity index (χ1n) is 7.57. The van der Waals surface area contributed by atoms with E-state index in [1.54, 1.807) is 7.11 Å². The van der Waals surface area contributed by atoms with Crippen molar-refractivity contribution in [1.82, 2.24) is 19.9 Å². The van der Waals surface area contributed by atoms with Gasteiger partial charge in [0.15, 0.2) is 5.65 Å². The minimum Gasteiger partial charge on any atom is -0.383 e. The standard InChI is InChI=1S/C15H23N5O/c1-12-5-3-7-14-17-15(18-20(12)14)19(9-10-21-2)11-13-6-4-8-16-13/h3,5,7,13,16H,4,6,8-11H2,1-2H3. The van der Waals surface area contributed by atoms with Crippen LogP contribution in [0.4, 0.5) is 5.95 Å². The fourth-order valence-corrected chi connectivity index (χ4v) is 2.81. The van der Waals surface area contributed by atoms with Crippen molar-refractivity contribution in [1.29, 1.82) is 0 Å². The van der Waals surface area contributed by atoms with Crippen molar-refractivity contribution in [3.8, 4) is 0 Å². The van der Waals surface area contributed by atoms with Crippen molar-refractivity contribution in [2.75, 3.05) is 38.3 Å². The van der Waals surface area contributed by atoms with Gasteiger partial charge in [-0.1, -0.05) is 6.07 Å². The van der Waals surface area contributed by atoms with Gasteiger partial charge in [-0.05, 0) is 38.4 Å². The molecule has 3 heterocycles. The van der Waals surface area contributed by atoms with Crippen molar-refractivity contribution in [3.05, 3.63) is 23.9 Å². The molecule has 3 rings (SSSR count). The monoisotopic (exact) mass is 289 g/mol. The Balaban J connectivity index is 1.83. The molecule has 0 amide bonds. The predicted octanol–water partition coefficient (Wildman–Crippen LogP) is 1.24. The highest BCUT2D eigenvalue weighted by atomic mass is 16.5. The number of fused-ring (bicyclic) bond motifs is 1. The summed E-state index contributed by atoms with van der Waals surface area (Å²) in [6.07, 6.45) is 2.47. The Labute approximate surface area is 125 Å². The van der Waals surface area contributed by atoms with Crippen LogP contribution in [0.15, 0.2) is 18.2 Å². The van der Waals surface area contributed by atoms with Crippen molar-refractivity contribution < 1.29 is 4.74 Å². The van der Waals surface area contributed by atoms with E-state index in [-0.39, 0.29) is 0 Å². The lowest BCUT2D eigenvalue weighted by Gasteiger charge is -2.24. The molecule has 0 aromatic carbocycles. The van der Waals surface area contributed by atoms with Crippen LogP contribution in [0.2, 0.25) is 0 Å². The third kappa shape index (κ3) is 3.16. The molecule has 1 aliphatic rings. The number of rotatable bonds is 6. The molecule has 0 spiro atoms. The molecular weight excluding hydrogens is 266 g/mol. The van der Waals surface area contributed by atoms with Crippen LogP contribution in [0.5, 0.6) is 0 Å². The van der Waals surface area contributed by atoms with E-state index in [1.807, 2.05) is 29.6 Å². The van der Waals surface area contributed by atoms with E-state index in [9.17, 15) is 0 Å². The maximum Gasteiger partial charge on any atom is 0.245 e. The smallest absolute Gasteiger partial charge is 0.245 e. The van der Waals surface area contributed by atoms with Gasteiger partial charge in [-0.3, -0.25) is 0 Å². The fraction of sp³-hybridized carbons (Fsp3) is 0.600. The normalized spacial score (nSPS) is 18.5. The Morgan fingerprint density at radius 2 is 2.38 bits per heavy atom. The Morgan fingerprint density at radius 1 is 1.48 bits per heavy atom. The Morgan fingerprint density at radius 3 is 3.10 bits per heavy atom. The number of pyridine rings is 1. The summed E-state index contributed by atoms with van der Waals surface area (Å²) in [6.45, 7) is 5.58. The number of anilines is 1. The van der Waals surface area contributed by atoms with Gasteiger partial charge in [0.1, 0.15) is 0 Å². The summed E-state index contributed by atoms with van der Waals surface area (Å²) in [4.78, 5) is 6.88. The molecule has 2 aromatic heterocycles. The van der Waals surface area contributed by atoms with Crippen LogP contribution in [0.3, 0.4) is 0 Å². The van der Waals surface area contributed by atoms with Crippen LogP contribution in [-0.4, -0.2) is 54.0 Å². The van der Waals surface area contributed by atoms with Crippen molar-refractivity contribution in [3.63, 3.8) is 0 Å². The topological polar surface area (TPSA) is 54.7 Å². The summed E-state index contributed by atoms with van der Waals surface area (Å²) in [5.74, 6) is 0.787. The highest BCUT2D eigenvalue weighted by Crippen LogP contribution is 2.15. The quantitative estimate of drug-likeness (QED) is 0.867. The number of ether oxygens (including phenoxy) is 1. The van der Waals surface area contributed by atoms with Gasteiger partial charge in [0.2, 0.25) is 5.95 Å². The first-order valence-corrected chi connectivity index (χ1v) is 7.57. The van der Waals surface area contributed by atoms with Gasteiger partial charge < -0.3 is 15.0 Å². The lowest BCUT2D eigenvalue weighted by Crippen LogP contribution is -2.39. The molecule has 6 heteroatoms. The summed E-state index contributed by atoms with van der Waals surface area (Å²) >= 11 is 0. The van der Waals surface area contributed by atoms with Gasteiger partial charge in [-0.2, -0.15) is 4.98 Å². The van der Waals surface area contributed by atoms with Crippen LogP contribution in [0.25, 0.3) is 5.65 Å². The van der Waals surface area contributed by atoms with Gasteiger partial charge in [0.05, 0.1) is 6.61 Å². The largest absolute Gasteiger partial charge is 0.383 e. The van der Waals surface area contributed by atoms with E-state index >= 15 is 0 Å². The third-order valence-corrected chi connectivity index (χ3v) is 3.99. The Kier molecular flexibility index (Phi) is 4.36. The lowest BCUT2D eigenvalue weighted by molar-refractivity contribution is 0.204. The first-order chi connectivity index (χ1) is 10.3. The zero-order valence-corrected chi connectivity index (χ0v) is 12.7. The van der Waals surface area contributed by atoms with E-state index in [0.29, 0.717) is 12.6 Å². The number of aromatic nitrogens is 3. The number of aryl methyl sites for hydroxylation is 1. The van der Waals surface area contributed by atoms with Crippen LogP contribution in [0.1, 0.15) is 18.5 Å². The lowest BCUT2D eigenvalue weighted by atomic mass is 10.2. The highest BCUT2D eigenvalue weighted by Gasteiger charge is 2.20. The molecule has 1 saturated heterocycles. The summed E-state index contributed by atoms with van der Waals surface area (Å²) in [7, 11) is 1.73. The summed E-state index contributed by atoms with van der Waals surface area (Å²) < 4.78 is 7.13. The molecule has 0 saturated carbocycles. The minimum atomic E-state index is 0.523. The van der Waals surface area contributed by atoms with Gasteiger partial charge in [-0.15, -0.1) is 5.10 Å². The summed E-state index contributed by atoms with van der Waals surface area (Å²) in [6, 6.07) is 6.57. The van der Waals surface area contributed by atoms with E-state index in [1.165, 1.54) is 12.8 Å². The molecule has 1 fully saturated rings. The molecule has 6 nitrogen and oxygen atoms in total. The molecule has 0 radical (unpaired) electrons. The van der Waals surface area contributed by atoms with Crippen molar-refractivity contribution in [2.45, 2.75) is 25.8 Å². The average Bonchev–Trinajstić information content (AvgIpc) is 3.13. The molecule has 0 aliphatic carbocycles. The fourth-order valence-electron chi connectivity index (χ4n) is 2.81. The summed E-state index contributed by atoms with van der Waals surface area (Å²) in [5, 5.41) is 8.19. The first kappa shape index (κ1) is 14.3. The minimum absolute atomic E-state index is 0.523. The SMILES string of the molecule is COCCN(CC1CCCN1)c1nc2cccc(C)n2n1. The molecule has 2 aromatic rings.